The first-order valence-corrected chi connectivity index (χ1v) is 13.3. The van der Waals surface area contributed by atoms with Crippen molar-refractivity contribution >= 4 is 17.2 Å². The molecule has 5 aromatic rings. The Balaban J connectivity index is 1.74. The van der Waals surface area contributed by atoms with Crippen LogP contribution in [0.2, 0.25) is 0 Å². The fraction of sp³-hybridized carbons (Fsp3) is 0.219. The monoisotopic (exact) mass is 518 g/mol. The van der Waals surface area contributed by atoms with Gasteiger partial charge >= 0.3 is 5.97 Å². The van der Waals surface area contributed by atoms with Crippen LogP contribution >= 0.6 is 0 Å². The number of benzene rings is 1. The van der Waals surface area contributed by atoms with Crippen LogP contribution in [0, 0.1) is 0 Å². The molecule has 0 N–H and O–H groups in total. The summed E-state index contributed by atoms with van der Waals surface area (Å²) in [7, 11) is 0. The lowest BCUT2D eigenvalue weighted by Gasteiger charge is -2.33. The van der Waals surface area contributed by atoms with Gasteiger partial charge in [-0.25, -0.2) is 9.78 Å². The molecule has 7 heteroatoms. The maximum absolute atomic E-state index is 13.5. The summed E-state index contributed by atoms with van der Waals surface area (Å²) in [6.45, 7) is 8.41. The molecule has 0 saturated heterocycles. The van der Waals surface area contributed by atoms with Crippen LogP contribution < -0.4 is 9.64 Å². The van der Waals surface area contributed by atoms with Gasteiger partial charge in [-0.3, -0.25) is 4.98 Å². The van der Waals surface area contributed by atoms with E-state index in [-0.39, 0.29) is 0 Å². The van der Waals surface area contributed by atoms with Gasteiger partial charge in [0.05, 0.1) is 18.0 Å². The molecule has 0 saturated carbocycles. The lowest BCUT2D eigenvalue weighted by Crippen LogP contribution is -2.33. The first-order valence-electron chi connectivity index (χ1n) is 13.3. The van der Waals surface area contributed by atoms with E-state index in [1.54, 1.807) is 12.4 Å². The fourth-order valence-electron chi connectivity index (χ4n) is 5.66. The molecule has 1 unspecified atom stereocenters. The van der Waals surface area contributed by atoms with Crippen molar-refractivity contribution in [3.8, 4) is 17.0 Å². The molecule has 0 radical (unpaired) electrons. The van der Waals surface area contributed by atoms with Gasteiger partial charge in [0.2, 0.25) is 5.60 Å². The van der Waals surface area contributed by atoms with Crippen LogP contribution in [0.3, 0.4) is 0 Å². The predicted molar refractivity (Wildman–Crippen MR) is 151 cm³/mol. The SMILES string of the molecule is CCOc1cc(N(CC)CC)ccc1C1(c2c(-c3ccccn3)cc3ccccn23)OC(=O)c2ncccc21. The molecule has 5 heterocycles. The molecule has 6 rings (SSSR count). The maximum Gasteiger partial charge on any atom is 0.359 e. The number of rotatable bonds is 8. The van der Waals surface area contributed by atoms with E-state index in [9.17, 15) is 4.79 Å². The third-order valence-electron chi connectivity index (χ3n) is 7.35. The minimum atomic E-state index is -1.33. The molecule has 0 amide bonds. The number of ether oxygens (including phenoxy) is 2. The summed E-state index contributed by atoms with van der Waals surface area (Å²) in [5.41, 5.74) is 4.80. The van der Waals surface area contributed by atoms with Crippen LogP contribution in [-0.4, -0.2) is 40.0 Å². The number of hydrogen-bond acceptors (Lipinski definition) is 6. The minimum Gasteiger partial charge on any atom is -0.493 e. The van der Waals surface area contributed by atoms with Gasteiger partial charge in [-0.2, -0.15) is 0 Å². The number of esters is 1. The molecule has 1 atom stereocenters. The first-order chi connectivity index (χ1) is 19.1. The number of cyclic esters (lactones) is 1. The van der Waals surface area contributed by atoms with Crippen molar-refractivity contribution in [2.24, 2.45) is 0 Å². The maximum atomic E-state index is 13.5. The summed E-state index contributed by atoms with van der Waals surface area (Å²) in [6.07, 6.45) is 5.39. The average molecular weight is 519 g/mol. The molecule has 4 aromatic heterocycles. The van der Waals surface area contributed by atoms with Gasteiger partial charge in [-0.05, 0) is 69.3 Å². The molecule has 1 aromatic carbocycles. The zero-order valence-corrected chi connectivity index (χ0v) is 22.3. The molecule has 1 aliphatic rings. The van der Waals surface area contributed by atoms with E-state index in [1.807, 2.05) is 73.8 Å². The Morgan fingerprint density at radius 3 is 2.49 bits per heavy atom. The largest absolute Gasteiger partial charge is 0.493 e. The minimum absolute atomic E-state index is 0.297. The van der Waals surface area contributed by atoms with E-state index in [4.69, 9.17) is 9.47 Å². The average Bonchev–Trinajstić information content (AvgIpc) is 3.51. The zero-order valence-electron chi connectivity index (χ0n) is 22.3. The van der Waals surface area contributed by atoms with Crippen LogP contribution in [0.5, 0.6) is 5.75 Å². The lowest BCUT2D eigenvalue weighted by molar-refractivity contribution is 0.0228. The Morgan fingerprint density at radius 1 is 0.897 bits per heavy atom. The number of carbonyl (C=O) groups excluding carboxylic acids is 1. The van der Waals surface area contributed by atoms with Gasteiger partial charge in [0.1, 0.15) is 5.75 Å². The zero-order chi connectivity index (χ0) is 27.0. The quantitative estimate of drug-likeness (QED) is 0.231. The first kappa shape index (κ1) is 24.7. The normalized spacial score (nSPS) is 16.2. The van der Waals surface area contributed by atoms with E-state index in [0.717, 1.165) is 46.8 Å². The van der Waals surface area contributed by atoms with Crippen LogP contribution in [0.15, 0.2) is 91.4 Å². The van der Waals surface area contributed by atoms with Gasteiger partial charge in [-0.1, -0.05) is 18.2 Å². The highest BCUT2D eigenvalue weighted by atomic mass is 16.6. The van der Waals surface area contributed by atoms with Crippen molar-refractivity contribution < 1.29 is 14.3 Å². The summed E-state index contributed by atoms with van der Waals surface area (Å²) in [6, 6.07) is 23.8. The molecular formula is C32H30N4O3. The van der Waals surface area contributed by atoms with Crippen LogP contribution in [0.1, 0.15) is 48.1 Å². The van der Waals surface area contributed by atoms with Crippen LogP contribution in [0.4, 0.5) is 5.69 Å². The summed E-state index contributed by atoms with van der Waals surface area (Å²) in [5, 5.41) is 0. The molecule has 0 aliphatic carbocycles. The Morgan fingerprint density at radius 2 is 1.72 bits per heavy atom. The van der Waals surface area contributed by atoms with E-state index >= 15 is 0 Å². The van der Waals surface area contributed by atoms with Gasteiger partial charge in [0, 0.05) is 65.6 Å². The van der Waals surface area contributed by atoms with E-state index in [1.165, 1.54) is 0 Å². The Bertz CT molecular complexity index is 1660. The molecule has 7 nitrogen and oxygen atoms in total. The molecule has 39 heavy (non-hydrogen) atoms. The van der Waals surface area contributed by atoms with Crippen molar-refractivity contribution in [1.29, 1.82) is 0 Å². The molecule has 0 bridgehead atoms. The fourth-order valence-corrected chi connectivity index (χ4v) is 5.66. The van der Waals surface area contributed by atoms with Crippen molar-refractivity contribution in [2.45, 2.75) is 26.4 Å². The Labute approximate surface area is 227 Å². The van der Waals surface area contributed by atoms with Gasteiger partial charge in [0.25, 0.3) is 0 Å². The van der Waals surface area contributed by atoms with E-state index in [2.05, 4.69) is 45.2 Å². The van der Waals surface area contributed by atoms with Crippen molar-refractivity contribution in [3.63, 3.8) is 0 Å². The molecule has 196 valence electrons. The van der Waals surface area contributed by atoms with E-state index in [0.29, 0.717) is 23.6 Å². The lowest BCUT2D eigenvalue weighted by atomic mass is 9.81. The third-order valence-corrected chi connectivity index (χ3v) is 7.35. The number of nitrogens with zero attached hydrogens (tertiary/aromatic N) is 4. The molecule has 1 aliphatic heterocycles. The highest BCUT2D eigenvalue weighted by molar-refractivity contribution is 5.95. The van der Waals surface area contributed by atoms with Gasteiger partial charge in [-0.15, -0.1) is 0 Å². The third kappa shape index (κ3) is 3.84. The second-order valence-corrected chi connectivity index (χ2v) is 9.37. The second-order valence-electron chi connectivity index (χ2n) is 9.37. The number of pyridine rings is 3. The highest BCUT2D eigenvalue weighted by Gasteiger charge is 2.54. The highest BCUT2D eigenvalue weighted by Crippen LogP contribution is 2.52. The summed E-state index contributed by atoms with van der Waals surface area (Å²) in [5.74, 6) is 0.183. The van der Waals surface area contributed by atoms with Crippen molar-refractivity contribution in [1.82, 2.24) is 14.4 Å². The molecule has 0 spiro atoms. The standard InChI is InChI=1S/C32H30N4O3/c1-4-35(5-2)22-15-16-25(28(21-22)38-6-3)32(26-13-11-18-34-29(26)31(37)39-32)30-24(27-14-7-9-17-33-27)20-23-12-8-10-19-36(23)30/h7-21H,4-6H2,1-3H3. The smallest absolute Gasteiger partial charge is 0.359 e. The molecule has 0 fully saturated rings. The number of carbonyl (C=O) groups is 1. The molecular weight excluding hydrogens is 488 g/mol. The van der Waals surface area contributed by atoms with Crippen LogP contribution in [0.25, 0.3) is 16.8 Å². The Hall–Kier alpha value is -4.65. The number of fused-ring (bicyclic) bond motifs is 2. The van der Waals surface area contributed by atoms with Crippen molar-refractivity contribution in [3.05, 3.63) is 114 Å². The van der Waals surface area contributed by atoms with Gasteiger partial charge in [0.15, 0.2) is 5.69 Å². The topological polar surface area (TPSA) is 69.0 Å². The second kappa shape index (κ2) is 9.91. The Kier molecular flexibility index (Phi) is 6.27. The van der Waals surface area contributed by atoms with Crippen LogP contribution in [-0.2, 0) is 10.3 Å². The van der Waals surface area contributed by atoms with Crippen molar-refractivity contribution in [2.75, 3.05) is 24.6 Å². The number of hydrogen-bond donors (Lipinski definition) is 0. The summed E-state index contributed by atoms with van der Waals surface area (Å²) >= 11 is 0. The van der Waals surface area contributed by atoms with E-state index < -0.39 is 11.6 Å². The van der Waals surface area contributed by atoms with Gasteiger partial charge < -0.3 is 18.8 Å². The predicted octanol–water partition coefficient (Wildman–Crippen LogP) is 6.10. The number of anilines is 1. The summed E-state index contributed by atoms with van der Waals surface area (Å²) < 4.78 is 14.9. The summed E-state index contributed by atoms with van der Waals surface area (Å²) in [4.78, 5) is 24.9. The number of aromatic nitrogens is 3.